The fourth-order valence-corrected chi connectivity index (χ4v) is 3.71. The summed E-state index contributed by atoms with van der Waals surface area (Å²) in [6.45, 7) is 2.20. The van der Waals surface area contributed by atoms with Gasteiger partial charge in [0.15, 0.2) is 0 Å². The monoisotopic (exact) mass is 342 g/mol. The molecule has 0 aromatic carbocycles. The zero-order valence-corrected chi connectivity index (χ0v) is 14.2. The molecular weight excluding hydrogens is 320 g/mol. The van der Waals surface area contributed by atoms with Crippen LogP contribution in [-0.2, 0) is 4.74 Å². The van der Waals surface area contributed by atoms with E-state index in [1.165, 1.54) is 0 Å². The largest absolute Gasteiger partial charge is 0.481 e. The third-order valence-electron chi connectivity index (χ3n) is 4.87. The number of rotatable bonds is 5. The fraction of sp³-hybridized carbons (Fsp3) is 0.500. The first-order chi connectivity index (χ1) is 12.3. The molecule has 1 saturated carbocycles. The second-order valence-electron chi connectivity index (χ2n) is 6.40. The van der Waals surface area contributed by atoms with Gasteiger partial charge in [0.1, 0.15) is 12.1 Å². The topological polar surface area (TPSA) is 69.6 Å². The summed E-state index contributed by atoms with van der Waals surface area (Å²) in [5.74, 6) is 2.61. The third kappa shape index (κ3) is 3.51. The molecule has 132 valence electrons. The van der Waals surface area contributed by atoms with Gasteiger partial charge in [-0.05, 0) is 24.8 Å². The van der Waals surface area contributed by atoms with Crippen molar-refractivity contribution in [3.8, 4) is 11.8 Å². The van der Waals surface area contributed by atoms with Crippen molar-refractivity contribution in [2.45, 2.75) is 25.0 Å². The highest BCUT2D eigenvalue weighted by atomic mass is 16.5. The number of methoxy groups -OCH3 is 1. The molecule has 0 N–H and O–H groups in total. The van der Waals surface area contributed by atoms with E-state index in [0.717, 1.165) is 25.2 Å². The maximum atomic E-state index is 6.00. The first kappa shape index (κ1) is 16.1. The number of pyridine rings is 1. The Hall–Kier alpha value is -2.41. The zero-order valence-electron chi connectivity index (χ0n) is 14.2. The van der Waals surface area contributed by atoms with Crippen LogP contribution in [-0.4, -0.2) is 54.0 Å². The lowest BCUT2D eigenvalue weighted by Crippen LogP contribution is -2.49. The number of ether oxygens (including phenoxy) is 3. The summed E-state index contributed by atoms with van der Waals surface area (Å²) in [7, 11) is 1.62. The van der Waals surface area contributed by atoms with E-state index in [0.29, 0.717) is 36.9 Å². The molecule has 2 aliphatic rings. The van der Waals surface area contributed by atoms with Crippen LogP contribution in [0.3, 0.4) is 0 Å². The van der Waals surface area contributed by atoms with E-state index >= 15 is 0 Å². The minimum Gasteiger partial charge on any atom is -0.481 e. The lowest BCUT2D eigenvalue weighted by atomic mass is 10.1. The second-order valence-corrected chi connectivity index (χ2v) is 6.40. The predicted molar refractivity (Wildman–Crippen MR) is 91.9 cm³/mol. The molecule has 1 saturated heterocycles. The summed E-state index contributed by atoms with van der Waals surface area (Å²) >= 11 is 0. The maximum Gasteiger partial charge on any atom is 0.218 e. The van der Waals surface area contributed by atoms with Crippen molar-refractivity contribution in [1.29, 1.82) is 0 Å². The van der Waals surface area contributed by atoms with E-state index in [1.807, 2.05) is 24.3 Å². The molecule has 2 aromatic rings. The summed E-state index contributed by atoms with van der Waals surface area (Å²) in [6.07, 6.45) is 5.53. The normalized spacial score (nSPS) is 25.5. The Morgan fingerprint density at radius 2 is 2.16 bits per heavy atom. The Balaban J connectivity index is 1.43. The minimum atomic E-state index is 0.215. The second kappa shape index (κ2) is 7.23. The van der Waals surface area contributed by atoms with Crippen LogP contribution >= 0.6 is 0 Å². The summed E-state index contributed by atoms with van der Waals surface area (Å²) in [5, 5.41) is 0. The molecule has 1 aliphatic carbocycles. The molecule has 0 spiro atoms. The van der Waals surface area contributed by atoms with E-state index in [4.69, 9.17) is 14.2 Å². The standard InChI is InChI=1S/C18H22N4O3/c1-23-18-10-16(20-12-21-18)22-6-7-24-15-9-13(8-14(15)22)11-25-17-4-2-3-5-19-17/h2-5,10,12-15H,6-9,11H2,1H3. The Bertz CT molecular complexity index is 700. The van der Waals surface area contributed by atoms with Crippen LogP contribution in [0.4, 0.5) is 5.82 Å². The van der Waals surface area contributed by atoms with E-state index < -0.39 is 0 Å². The lowest BCUT2D eigenvalue weighted by molar-refractivity contribution is 0.0230. The molecule has 4 rings (SSSR count). The van der Waals surface area contributed by atoms with Gasteiger partial charge in [0.2, 0.25) is 11.8 Å². The number of aromatic nitrogens is 3. The zero-order chi connectivity index (χ0) is 17.1. The van der Waals surface area contributed by atoms with Gasteiger partial charge in [-0.2, -0.15) is 0 Å². The van der Waals surface area contributed by atoms with Crippen LogP contribution in [0.15, 0.2) is 36.8 Å². The van der Waals surface area contributed by atoms with E-state index in [2.05, 4.69) is 19.9 Å². The van der Waals surface area contributed by atoms with Crippen molar-refractivity contribution >= 4 is 5.82 Å². The molecule has 0 radical (unpaired) electrons. The summed E-state index contributed by atoms with van der Waals surface area (Å²) in [4.78, 5) is 15.1. The Kier molecular flexibility index (Phi) is 4.65. The van der Waals surface area contributed by atoms with Crippen LogP contribution in [0.25, 0.3) is 0 Å². The summed E-state index contributed by atoms with van der Waals surface area (Å²) < 4.78 is 17.1. The van der Waals surface area contributed by atoms with Gasteiger partial charge < -0.3 is 19.1 Å². The molecule has 2 fully saturated rings. The minimum absolute atomic E-state index is 0.215. The lowest BCUT2D eigenvalue weighted by Gasteiger charge is -2.38. The summed E-state index contributed by atoms with van der Waals surface area (Å²) in [6, 6.07) is 7.91. The Labute approximate surface area is 147 Å². The van der Waals surface area contributed by atoms with Crippen molar-refractivity contribution in [3.63, 3.8) is 0 Å². The van der Waals surface area contributed by atoms with Gasteiger partial charge in [-0.25, -0.2) is 15.0 Å². The van der Waals surface area contributed by atoms with Crippen molar-refractivity contribution in [1.82, 2.24) is 15.0 Å². The predicted octanol–water partition coefficient (Wildman–Crippen LogP) is 1.94. The highest BCUT2D eigenvalue weighted by Gasteiger charge is 2.42. The Morgan fingerprint density at radius 1 is 1.20 bits per heavy atom. The van der Waals surface area contributed by atoms with E-state index in [9.17, 15) is 0 Å². The summed E-state index contributed by atoms with van der Waals surface area (Å²) in [5.41, 5.74) is 0. The van der Waals surface area contributed by atoms with Crippen LogP contribution in [0.2, 0.25) is 0 Å². The molecule has 3 heterocycles. The first-order valence-corrected chi connectivity index (χ1v) is 8.61. The molecule has 3 atom stereocenters. The molecule has 1 aliphatic heterocycles. The van der Waals surface area contributed by atoms with E-state index in [-0.39, 0.29) is 6.10 Å². The number of anilines is 1. The molecule has 7 heteroatoms. The third-order valence-corrected chi connectivity index (χ3v) is 4.87. The van der Waals surface area contributed by atoms with Crippen LogP contribution in [0.5, 0.6) is 11.8 Å². The number of morpholine rings is 1. The van der Waals surface area contributed by atoms with Gasteiger partial charge in [0, 0.05) is 24.9 Å². The van der Waals surface area contributed by atoms with Crippen molar-refractivity contribution in [2.75, 3.05) is 31.8 Å². The van der Waals surface area contributed by atoms with E-state index in [1.54, 1.807) is 19.6 Å². The average Bonchev–Trinajstić information content (AvgIpc) is 3.10. The fourth-order valence-electron chi connectivity index (χ4n) is 3.71. The molecule has 25 heavy (non-hydrogen) atoms. The van der Waals surface area contributed by atoms with Gasteiger partial charge in [0.05, 0.1) is 32.5 Å². The van der Waals surface area contributed by atoms with Crippen LogP contribution in [0.1, 0.15) is 12.8 Å². The van der Waals surface area contributed by atoms with Gasteiger partial charge in [-0.15, -0.1) is 0 Å². The highest BCUT2D eigenvalue weighted by Crippen LogP contribution is 2.36. The van der Waals surface area contributed by atoms with Gasteiger partial charge in [-0.3, -0.25) is 0 Å². The Morgan fingerprint density at radius 3 is 3.00 bits per heavy atom. The number of hydrogen-bond donors (Lipinski definition) is 0. The van der Waals surface area contributed by atoms with Gasteiger partial charge in [-0.1, -0.05) is 6.07 Å². The molecule has 0 bridgehead atoms. The van der Waals surface area contributed by atoms with Crippen molar-refractivity contribution in [3.05, 3.63) is 36.8 Å². The number of nitrogens with zero attached hydrogens (tertiary/aromatic N) is 4. The average molecular weight is 342 g/mol. The SMILES string of the molecule is COc1cc(N2CCOC3CC(COc4ccccn4)CC32)ncn1. The first-order valence-electron chi connectivity index (χ1n) is 8.61. The van der Waals surface area contributed by atoms with Gasteiger partial charge in [0.25, 0.3) is 0 Å². The number of fused-ring (bicyclic) bond motifs is 1. The van der Waals surface area contributed by atoms with Crippen LogP contribution < -0.4 is 14.4 Å². The molecule has 3 unspecified atom stereocenters. The number of hydrogen-bond acceptors (Lipinski definition) is 7. The van der Waals surface area contributed by atoms with Crippen molar-refractivity contribution in [2.24, 2.45) is 5.92 Å². The highest BCUT2D eigenvalue weighted by molar-refractivity contribution is 5.43. The van der Waals surface area contributed by atoms with Crippen LogP contribution in [0, 0.1) is 5.92 Å². The molecule has 2 aromatic heterocycles. The molecule has 0 amide bonds. The van der Waals surface area contributed by atoms with Gasteiger partial charge >= 0.3 is 0 Å². The molecular formula is C18H22N4O3. The quantitative estimate of drug-likeness (QED) is 0.822. The smallest absolute Gasteiger partial charge is 0.218 e. The van der Waals surface area contributed by atoms with Crippen molar-refractivity contribution < 1.29 is 14.2 Å². The maximum absolute atomic E-state index is 6.00. The molecule has 7 nitrogen and oxygen atoms in total.